The molecular formula is C10H12N2O. The van der Waals surface area contributed by atoms with Crippen LogP contribution in [0.5, 0.6) is 0 Å². The Kier molecular flexibility index (Phi) is 2.80. The third-order valence-corrected chi connectivity index (χ3v) is 1.82. The standard InChI is InChI=1S/C10H12N2O/c1-4-9-5-6-11-10(7-9)12(3)8(2)13/h4-7H,1H2,2-3H3. The molecule has 0 aliphatic rings. The molecule has 0 radical (unpaired) electrons. The Labute approximate surface area is 77.7 Å². The molecule has 0 saturated carbocycles. The number of aromatic nitrogens is 1. The van der Waals surface area contributed by atoms with Crippen molar-refractivity contribution in [1.82, 2.24) is 4.98 Å². The van der Waals surface area contributed by atoms with Crippen molar-refractivity contribution in [3.05, 3.63) is 30.5 Å². The van der Waals surface area contributed by atoms with Gasteiger partial charge in [-0.25, -0.2) is 4.98 Å². The minimum atomic E-state index is -0.0336. The lowest BCUT2D eigenvalue weighted by Crippen LogP contribution is -2.23. The number of amides is 1. The lowest BCUT2D eigenvalue weighted by Gasteiger charge is -2.13. The molecule has 1 aromatic heterocycles. The molecule has 0 N–H and O–H groups in total. The molecule has 13 heavy (non-hydrogen) atoms. The van der Waals surface area contributed by atoms with E-state index in [1.807, 2.05) is 12.1 Å². The van der Waals surface area contributed by atoms with Gasteiger partial charge in [0.05, 0.1) is 0 Å². The third kappa shape index (κ3) is 2.15. The van der Waals surface area contributed by atoms with E-state index >= 15 is 0 Å². The molecule has 0 unspecified atom stereocenters. The maximum atomic E-state index is 11.0. The lowest BCUT2D eigenvalue weighted by molar-refractivity contribution is -0.116. The van der Waals surface area contributed by atoms with E-state index in [4.69, 9.17) is 0 Å². The molecule has 0 fully saturated rings. The number of carbonyl (C=O) groups is 1. The van der Waals surface area contributed by atoms with Gasteiger partial charge in [-0.1, -0.05) is 12.7 Å². The van der Waals surface area contributed by atoms with Crippen molar-refractivity contribution in [2.75, 3.05) is 11.9 Å². The molecule has 0 aliphatic carbocycles. The first-order valence-corrected chi connectivity index (χ1v) is 3.98. The van der Waals surface area contributed by atoms with Crippen LogP contribution in [0.1, 0.15) is 12.5 Å². The first kappa shape index (κ1) is 9.45. The number of pyridine rings is 1. The molecule has 1 amide bonds. The normalized spacial score (nSPS) is 9.38. The van der Waals surface area contributed by atoms with Crippen LogP contribution in [0.3, 0.4) is 0 Å². The summed E-state index contributed by atoms with van der Waals surface area (Å²) >= 11 is 0. The van der Waals surface area contributed by atoms with Crippen molar-refractivity contribution in [1.29, 1.82) is 0 Å². The van der Waals surface area contributed by atoms with Gasteiger partial charge in [-0.2, -0.15) is 0 Å². The Morgan fingerprint density at radius 3 is 2.92 bits per heavy atom. The van der Waals surface area contributed by atoms with Gasteiger partial charge in [0.1, 0.15) is 5.82 Å². The molecule has 3 nitrogen and oxygen atoms in total. The van der Waals surface area contributed by atoms with Gasteiger partial charge in [-0.3, -0.25) is 4.79 Å². The zero-order valence-electron chi connectivity index (χ0n) is 7.82. The highest BCUT2D eigenvalue weighted by atomic mass is 16.2. The van der Waals surface area contributed by atoms with Crippen molar-refractivity contribution in [3.8, 4) is 0 Å². The second kappa shape index (κ2) is 3.85. The van der Waals surface area contributed by atoms with Crippen molar-refractivity contribution in [2.24, 2.45) is 0 Å². The van der Waals surface area contributed by atoms with E-state index in [0.717, 1.165) is 5.56 Å². The van der Waals surface area contributed by atoms with Crippen LogP contribution in [0, 0.1) is 0 Å². The summed E-state index contributed by atoms with van der Waals surface area (Å²) in [5.74, 6) is 0.610. The quantitative estimate of drug-likeness (QED) is 0.687. The van der Waals surface area contributed by atoms with E-state index in [1.54, 1.807) is 19.3 Å². The van der Waals surface area contributed by atoms with Crippen LogP contribution in [0.4, 0.5) is 5.82 Å². The minimum absolute atomic E-state index is 0.0336. The summed E-state index contributed by atoms with van der Waals surface area (Å²) in [7, 11) is 1.69. The molecule has 0 bridgehead atoms. The largest absolute Gasteiger partial charge is 0.300 e. The van der Waals surface area contributed by atoms with E-state index in [1.165, 1.54) is 11.8 Å². The molecular weight excluding hydrogens is 164 g/mol. The van der Waals surface area contributed by atoms with E-state index in [-0.39, 0.29) is 5.91 Å². The fourth-order valence-electron chi connectivity index (χ4n) is 0.906. The van der Waals surface area contributed by atoms with E-state index in [9.17, 15) is 4.79 Å². The molecule has 3 heteroatoms. The number of anilines is 1. The zero-order chi connectivity index (χ0) is 9.84. The van der Waals surface area contributed by atoms with Gasteiger partial charge < -0.3 is 4.90 Å². The second-order valence-electron chi connectivity index (χ2n) is 2.73. The molecule has 0 aliphatic heterocycles. The van der Waals surface area contributed by atoms with E-state index in [0.29, 0.717) is 5.82 Å². The number of hydrogen-bond acceptors (Lipinski definition) is 2. The number of hydrogen-bond donors (Lipinski definition) is 0. The highest BCUT2D eigenvalue weighted by molar-refractivity contribution is 5.89. The van der Waals surface area contributed by atoms with Gasteiger partial charge in [0.2, 0.25) is 5.91 Å². The maximum Gasteiger partial charge on any atom is 0.224 e. The minimum Gasteiger partial charge on any atom is -0.300 e. The predicted octanol–water partition coefficient (Wildman–Crippen LogP) is 1.71. The van der Waals surface area contributed by atoms with Gasteiger partial charge in [0, 0.05) is 20.2 Å². The third-order valence-electron chi connectivity index (χ3n) is 1.82. The van der Waals surface area contributed by atoms with Gasteiger partial charge in [-0.15, -0.1) is 0 Å². The number of carbonyl (C=O) groups excluding carboxylic acids is 1. The molecule has 68 valence electrons. The van der Waals surface area contributed by atoms with E-state index in [2.05, 4.69) is 11.6 Å². The molecule has 1 aromatic rings. The van der Waals surface area contributed by atoms with Crippen LogP contribution in [-0.4, -0.2) is 17.9 Å². The Morgan fingerprint density at radius 2 is 2.38 bits per heavy atom. The highest BCUT2D eigenvalue weighted by Crippen LogP contribution is 2.11. The second-order valence-corrected chi connectivity index (χ2v) is 2.73. The number of nitrogens with zero attached hydrogens (tertiary/aromatic N) is 2. The molecule has 0 aromatic carbocycles. The van der Waals surface area contributed by atoms with Crippen LogP contribution in [0.25, 0.3) is 6.08 Å². The van der Waals surface area contributed by atoms with Crippen molar-refractivity contribution >= 4 is 17.8 Å². The number of rotatable bonds is 2. The highest BCUT2D eigenvalue weighted by Gasteiger charge is 2.05. The molecule has 1 heterocycles. The van der Waals surface area contributed by atoms with Crippen molar-refractivity contribution < 1.29 is 4.79 Å². The van der Waals surface area contributed by atoms with Crippen molar-refractivity contribution in [3.63, 3.8) is 0 Å². The van der Waals surface area contributed by atoms with Gasteiger partial charge in [-0.05, 0) is 17.7 Å². The summed E-state index contributed by atoms with van der Waals surface area (Å²) < 4.78 is 0. The summed E-state index contributed by atoms with van der Waals surface area (Å²) in [6, 6.07) is 3.65. The van der Waals surface area contributed by atoms with Crippen LogP contribution in [0.15, 0.2) is 24.9 Å². The summed E-state index contributed by atoms with van der Waals surface area (Å²) in [6.45, 7) is 5.15. The Hall–Kier alpha value is -1.64. The summed E-state index contributed by atoms with van der Waals surface area (Å²) in [5.41, 5.74) is 0.957. The average Bonchev–Trinajstić information content (AvgIpc) is 2.16. The van der Waals surface area contributed by atoms with Crippen LogP contribution in [-0.2, 0) is 4.79 Å². The van der Waals surface area contributed by atoms with Gasteiger partial charge in [0.25, 0.3) is 0 Å². The van der Waals surface area contributed by atoms with Gasteiger partial charge in [0.15, 0.2) is 0 Å². The first-order valence-electron chi connectivity index (χ1n) is 3.98. The zero-order valence-corrected chi connectivity index (χ0v) is 7.82. The fourth-order valence-corrected chi connectivity index (χ4v) is 0.906. The van der Waals surface area contributed by atoms with Gasteiger partial charge >= 0.3 is 0 Å². The van der Waals surface area contributed by atoms with E-state index < -0.39 is 0 Å². The Balaban J connectivity index is 3.01. The Morgan fingerprint density at radius 1 is 1.69 bits per heavy atom. The summed E-state index contributed by atoms with van der Waals surface area (Å²) in [5, 5.41) is 0. The lowest BCUT2D eigenvalue weighted by atomic mass is 10.2. The fraction of sp³-hybridized carbons (Fsp3) is 0.200. The Bertz CT molecular complexity index is 333. The summed E-state index contributed by atoms with van der Waals surface area (Å²) in [4.78, 5) is 16.6. The summed E-state index contributed by atoms with van der Waals surface area (Å²) in [6.07, 6.45) is 3.38. The molecule has 1 rings (SSSR count). The average molecular weight is 176 g/mol. The topological polar surface area (TPSA) is 33.2 Å². The predicted molar refractivity (Wildman–Crippen MR) is 53.4 cm³/mol. The smallest absolute Gasteiger partial charge is 0.224 e. The first-order chi connectivity index (χ1) is 6.15. The monoisotopic (exact) mass is 176 g/mol. The molecule has 0 spiro atoms. The molecule has 0 atom stereocenters. The van der Waals surface area contributed by atoms with Crippen LogP contribution in [0.2, 0.25) is 0 Å². The van der Waals surface area contributed by atoms with Crippen molar-refractivity contribution in [2.45, 2.75) is 6.92 Å². The van der Waals surface area contributed by atoms with Crippen LogP contribution < -0.4 is 4.90 Å². The molecule has 0 saturated heterocycles. The maximum absolute atomic E-state index is 11.0. The van der Waals surface area contributed by atoms with Crippen LogP contribution >= 0.6 is 0 Å². The SMILES string of the molecule is C=Cc1ccnc(N(C)C(C)=O)c1.